The quantitative estimate of drug-likeness (QED) is 0.201. The topological polar surface area (TPSA) is 131 Å². The van der Waals surface area contributed by atoms with Gasteiger partial charge in [-0.3, -0.25) is 0 Å². The largest absolute Gasteiger partial charge is 0.451 e. The molecule has 0 bridgehead atoms. The minimum atomic E-state index is -4.69. The lowest BCUT2D eigenvalue weighted by molar-refractivity contribution is -0.144. The first-order valence-corrected chi connectivity index (χ1v) is 10.7. The van der Waals surface area contributed by atoms with Gasteiger partial charge < -0.3 is 15.6 Å². The van der Waals surface area contributed by atoms with Gasteiger partial charge in [-0.05, 0) is 35.0 Å². The highest BCUT2D eigenvalue weighted by Gasteiger charge is 2.34. The number of aromatic nitrogens is 5. The number of nitrogens with zero attached hydrogens (tertiary/aromatic N) is 6. The highest BCUT2D eigenvalue weighted by atomic mass is 79.9. The van der Waals surface area contributed by atoms with E-state index in [-0.39, 0.29) is 22.8 Å². The van der Waals surface area contributed by atoms with Crippen LogP contribution in [0, 0.1) is 11.3 Å². The van der Waals surface area contributed by atoms with Gasteiger partial charge in [-0.15, -0.1) is 0 Å². The molecule has 0 fully saturated rings. The van der Waals surface area contributed by atoms with Gasteiger partial charge in [0.2, 0.25) is 5.82 Å². The molecule has 35 heavy (non-hydrogen) atoms. The van der Waals surface area contributed by atoms with E-state index >= 15 is 0 Å². The van der Waals surface area contributed by atoms with Crippen molar-refractivity contribution in [2.75, 3.05) is 11.1 Å². The number of hydrogen-bond donors (Lipinski definition) is 3. The predicted octanol–water partition coefficient (Wildman–Crippen LogP) is 5.94. The van der Waals surface area contributed by atoms with E-state index < -0.39 is 23.9 Å². The molecule has 4 aromatic rings. The normalized spacial score (nSPS) is 13.1. The van der Waals surface area contributed by atoms with Crippen LogP contribution in [0.1, 0.15) is 18.8 Å². The Morgan fingerprint density at radius 2 is 1.89 bits per heavy atom. The first-order valence-electron chi connectivity index (χ1n) is 9.91. The Morgan fingerprint density at radius 1 is 1.20 bits per heavy atom. The van der Waals surface area contributed by atoms with Crippen LogP contribution in [0.3, 0.4) is 0 Å². The number of para-hydroxylation sites is 1. The zero-order valence-electron chi connectivity index (χ0n) is 17.8. The van der Waals surface area contributed by atoms with Crippen molar-refractivity contribution in [1.82, 2.24) is 24.5 Å². The van der Waals surface area contributed by atoms with E-state index in [0.29, 0.717) is 21.2 Å². The second kappa shape index (κ2) is 9.37. The Morgan fingerprint density at radius 3 is 2.51 bits per heavy atom. The van der Waals surface area contributed by atoms with Gasteiger partial charge in [-0.25, -0.2) is 29.9 Å². The molecular formula is C21H16BrF4N9. The molecule has 1 unspecified atom stereocenters. The van der Waals surface area contributed by atoms with Crippen LogP contribution in [0.5, 0.6) is 0 Å². The number of fused-ring (bicyclic) bond motifs is 1. The van der Waals surface area contributed by atoms with E-state index in [1.54, 1.807) is 23.6 Å². The highest BCUT2D eigenvalue weighted by Crippen LogP contribution is 2.42. The van der Waals surface area contributed by atoms with Gasteiger partial charge in [0.05, 0.1) is 21.7 Å². The molecule has 4 rings (SSSR count). The third-order valence-electron chi connectivity index (χ3n) is 5.14. The van der Waals surface area contributed by atoms with Crippen LogP contribution in [0.2, 0.25) is 0 Å². The molecule has 1 atom stereocenters. The van der Waals surface area contributed by atoms with Crippen LogP contribution in [0.15, 0.2) is 64.6 Å². The summed E-state index contributed by atoms with van der Waals surface area (Å²) in [4.78, 5) is 15.1. The predicted molar refractivity (Wildman–Crippen MR) is 124 cm³/mol. The molecule has 0 aliphatic heterocycles. The minimum absolute atomic E-state index is 0.0781. The molecule has 1 aromatic carbocycles. The molecule has 0 saturated heterocycles. The number of anilines is 2. The van der Waals surface area contributed by atoms with Crippen molar-refractivity contribution in [2.24, 2.45) is 5.11 Å². The van der Waals surface area contributed by atoms with E-state index in [1.807, 2.05) is 0 Å². The highest BCUT2D eigenvalue weighted by molar-refractivity contribution is 9.10. The Bertz CT molecular complexity index is 1430. The zero-order valence-corrected chi connectivity index (χ0v) is 19.4. The van der Waals surface area contributed by atoms with Gasteiger partial charge in [0.1, 0.15) is 29.3 Å². The number of nitrogen functional groups attached to an aromatic ring is 1. The fourth-order valence-corrected chi connectivity index (χ4v) is 4.36. The van der Waals surface area contributed by atoms with Gasteiger partial charge in [-0.2, -0.15) is 18.3 Å². The number of hydrogen-bond acceptors (Lipinski definition) is 8. The number of benzene rings is 1. The summed E-state index contributed by atoms with van der Waals surface area (Å²) in [6.45, 7) is 1.71. The van der Waals surface area contributed by atoms with Crippen molar-refractivity contribution in [1.29, 1.82) is 5.53 Å². The van der Waals surface area contributed by atoms with Crippen molar-refractivity contribution >= 4 is 38.5 Å². The van der Waals surface area contributed by atoms with Crippen molar-refractivity contribution in [3.8, 4) is 11.1 Å². The summed E-state index contributed by atoms with van der Waals surface area (Å²) >= 11 is 3.48. The molecule has 0 spiro atoms. The van der Waals surface area contributed by atoms with Crippen LogP contribution in [0.4, 0.5) is 29.1 Å². The van der Waals surface area contributed by atoms with Crippen molar-refractivity contribution in [3.63, 3.8) is 0 Å². The fraction of sp³-hybridized carbons (Fsp3) is 0.143. The van der Waals surface area contributed by atoms with Crippen LogP contribution in [-0.2, 0) is 6.18 Å². The summed E-state index contributed by atoms with van der Waals surface area (Å²) < 4.78 is 54.8. The molecule has 14 heteroatoms. The zero-order chi connectivity index (χ0) is 25.3. The molecule has 0 aliphatic carbocycles. The molecular weight excluding hydrogens is 534 g/mol. The molecule has 0 saturated carbocycles. The Labute approximate surface area is 203 Å². The third-order valence-corrected chi connectivity index (χ3v) is 5.92. The molecule has 0 amide bonds. The molecule has 0 aliphatic rings. The van der Waals surface area contributed by atoms with Gasteiger partial charge in [-0.1, -0.05) is 12.1 Å². The SMILES string of the molecule is CC(/C(=C/Nc1ccccc1F)N=N)n1c(Br)c(-c2cnc(C(F)(F)F)nc2)c2c(N)ncnc21. The lowest BCUT2D eigenvalue weighted by atomic mass is 10.1. The van der Waals surface area contributed by atoms with Gasteiger partial charge in [0.25, 0.3) is 0 Å². The molecule has 3 heterocycles. The average molecular weight is 550 g/mol. The molecule has 3 aromatic heterocycles. The first-order chi connectivity index (χ1) is 16.6. The molecule has 4 N–H and O–H groups in total. The fourth-order valence-electron chi connectivity index (χ4n) is 3.46. The summed E-state index contributed by atoms with van der Waals surface area (Å²) in [6.07, 6.45) is -0.0236. The standard InChI is InChI=1S/C21H16BrF4N9/c1-10(14(34-28)8-29-13-5-3-2-4-12(13)23)35-17(22)15(16-18(27)32-9-33-19(16)35)11-6-30-20(31-7-11)21(24,25)26/h2-10,28-29H,1H3,(H2,27,32,33)/b14-8-,34-28?. The maximum absolute atomic E-state index is 14.0. The molecule has 9 nitrogen and oxygen atoms in total. The van der Waals surface area contributed by atoms with Gasteiger partial charge in [0.15, 0.2) is 0 Å². The number of rotatable bonds is 6. The van der Waals surface area contributed by atoms with Crippen LogP contribution < -0.4 is 11.1 Å². The number of nitrogens with one attached hydrogen (secondary N) is 2. The molecule has 180 valence electrons. The summed E-state index contributed by atoms with van der Waals surface area (Å²) in [7, 11) is 0. The number of halogens is 5. The summed E-state index contributed by atoms with van der Waals surface area (Å²) in [5, 5.41) is 6.70. The number of nitrogens with two attached hydrogens (primary N) is 1. The van der Waals surface area contributed by atoms with Gasteiger partial charge in [0, 0.05) is 29.7 Å². The Hall–Kier alpha value is -3.94. The van der Waals surface area contributed by atoms with E-state index in [4.69, 9.17) is 11.3 Å². The Balaban J connectivity index is 1.83. The van der Waals surface area contributed by atoms with E-state index in [9.17, 15) is 17.6 Å². The van der Waals surface area contributed by atoms with Gasteiger partial charge >= 0.3 is 6.18 Å². The summed E-state index contributed by atoms with van der Waals surface area (Å²) in [5.41, 5.74) is 15.1. The number of allylic oxidation sites excluding steroid dienone is 1. The second-order valence-corrected chi connectivity index (χ2v) is 8.02. The van der Waals surface area contributed by atoms with E-state index in [2.05, 4.69) is 46.3 Å². The summed E-state index contributed by atoms with van der Waals surface area (Å²) in [5.74, 6) is -1.69. The first kappa shape index (κ1) is 24.2. The summed E-state index contributed by atoms with van der Waals surface area (Å²) in [6, 6.07) is 5.35. The third kappa shape index (κ3) is 4.56. The second-order valence-electron chi connectivity index (χ2n) is 7.27. The smallest absolute Gasteiger partial charge is 0.383 e. The minimum Gasteiger partial charge on any atom is -0.383 e. The van der Waals surface area contributed by atoms with Crippen molar-refractivity contribution in [3.05, 3.63) is 71.1 Å². The van der Waals surface area contributed by atoms with E-state index in [0.717, 1.165) is 12.4 Å². The van der Waals surface area contributed by atoms with Crippen LogP contribution in [-0.4, -0.2) is 24.5 Å². The number of alkyl halides is 3. The lowest BCUT2D eigenvalue weighted by Gasteiger charge is -2.17. The van der Waals surface area contributed by atoms with Crippen molar-refractivity contribution in [2.45, 2.75) is 19.1 Å². The lowest BCUT2D eigenvalue weighted by Crippen LogP contribution is -2.10. The van der Waals surface area contributed by atoms with Crippen LogP contribution in [0.25, 0.3) is 22.2 Å². The maximum Gasteiger partial charge on any atom is 0.451 e. The monoisotopic (exact) mass is 549 g/mol. The molecule has 0 radical (unpaired) electrons. The maximum atomic E-state index is 14.0. The van der Waals surface area contributed by atoms with E-state index in [1.165, 1.54) is 24.7 Å². The average Bonchev–Trinajstić information content (AvgIpc) is 3.13. The van der Waals surface area contributed by atoms with Crippen molar-refractivity contribution < 1.29 is 17.6 Å². The van der Waals surface area contributed by atoms with Crippen LogP contribution >= 0.6 is 15.9 Å². The Kier molecular flexibility index (Phi) is 6.47.